The van der Waals surface area contributed by atoms with Gasteiger partial charge in [0.15, 0.2) is 11.5 Å². The van der Waals surface area contributed by atoms with Gasteiger partial charge in [-0.05, 0) is 25.3 Å². The normalized spacial score (nSPS) is 15.9. The lowest BCUT2D eigenvalue weighted by Gasteiger charge is -2.23. The molecule has 3 aromatic rings. The second-order valence-corrected chi connectivity index (χ2v) is 7.76. The van der Waals surface area contributed by atoms with Gasteiger partial charge >= 0.3 is 0 Å². The highest BCUT2D eigenvalue weighted by Gasteiger charge is 2.18. The molecule has 0 amide bonds. The van der Waals surface area contributed by atoms with Crippen LogP contribution < -0.4 is 24.3 Å². The maximum Gasteiger partial charge on any atom is 0.163 e. The first-order valence-electron chi connectivity index (χ1n) is 10.4. The average molecular weight is 460 g/mol. The molecule has 4 rings (SSSR count). The van der Waals surface area contributed by atoms with Crippen molar-refractivity contribution < 1.29 is 23.7 Å². The van der Waals surface area contributed by atoms with Gasteiger partial charge in [0.05, 0.1) is 43.7 Å². The molecule has 170 valence electrons. The van der Waals surface area contributed by atoms with Crippen molar-refractivity contribution in [3.05, 3.63) is 35.6 Å². The standard InChI is InChI=1S/C23H26ClN3O5/c1-28-19-11-18(20(29-2)9-16(19)24)27-23-15-8-21(30-3)22(10-17(15)25-13-26-23)32-12-14-6-4-5-7-31-14/h8-11,13-14H,4-7,12H2,1-3H3,(H,25,26,27). The van der Waals surface area contributed by atoms with Crippen molar-refractivity contribution in [3.63, 3.8) is 0 Å². The Hall–Kier alpha value is -2.97. The summed E-state index contributed by atoms with van der Waals surface area (Å²) in [5.74, 6) is 2.86. The van der Waals surface area contributed by atoms with Crippen LogP contribution in [0.3, 0.4) is 0 Å². The minimum Gasteiger partial charge on any atom is -0.495 e. The number of nitrogens with one attached hydrogen (secondary N) is 1. The van der Waals surface area contributed by atoms with Crippen molar-refractivity contribution in [2.75, 3.05) is 39.9 Å². The lowest BCUT2D eigenvalue weighted by Crippen LogP contribution is -2.25. The third-order valence-corrected chi connectivity index (χ3v) is 5.64. The Kier molecular flexibility index (Phi) is 7.02. The van der Waals surface area contributed by atoms with E-state index in [9.17, 15) is 0 Å². The van der Waals surface area contributed by atoms with E-state index in [0.29, 0.717) is 51.6 Å². The molecular formula is C23H26ClN3O5. The molecule has 1 N–H and O–H groups in total. The summed E-state index contributed by atoms with van der Waals surface area (Å²) in [7, 11) is 4.74. The Morgan fingerprint density at radius 3 is 2.50 bits per heavy atom. The van der Waals surface area contributed by atoms with E-state index in [2.05, 4.69) is 15.3 Å². The third-order valence-electron chi connectivity index (χ3n) is 5.35. The number of benzene rings is 2. The molecule has 1 aromatic heterocycles. The maximum atomic E-state index is 6.22. The summed E-state index contributed by atoms with van der Waals surface area (Å²) < 4.78 is 28.2. The molecule has 0 bridgehead atoms. The topological polar surface area (TPSA) is 84.0 Å². The van der Waals surface area contributed by atoms with Gasteiger partial charge in [0.1, 0.15) is 30.3 Å². The first kappa shape index (κ1) is 22.2. The van der Waals surface area contributed by atoms with Gasteiger partial charge in [-0.3, -0.25) is 0 Å². The Bertz CT molecular complexity index is 1090. The minimum atomic E-state index is 0.0964. The fourth-order valence-electron chi connectivity index (χ4n) is 3.64. The van der Waals surface area contributed by atoms with Gasteiger partial charge in [-0.2, -0.15) is 0 Å². The number of fused-ring (bicyclic) bond motifs is 1. The van der Waals surface area contributed by atoms with E-state index < -0.39 is 0 Å². The molecule has 8 nitrogen and oxygen atoms in total. The smallest absolute Gasteiger partial charge is 0.163 e. The fraction of sp³-hybridized carbons (Fsp3) is 0.391. The second-order valence-electron chi connectivity index (χ2n) is 7.35. The lowest BCUT2D eigenvalue weighted by atomic mass is 10.1. The highest BCUT2D eigenvalue weighted by atomic mass is 35.5. The summed E-state index contributed by atoms with van der Waals surface area (Å²) in [6.45, 7) is 1.25. The molecule has 0 spiro atoms. The Morgan fingerprint density at radius 2 is 1.78 bits per heavy atom. The molecule has 32 heavy (non-hydrogen) atoms. The van der Waals surface area contributed by atoms with Crippen LogP contribution in [-0.4, -0.2) is 50.6 Å². The van der Waals surface area contributed by atoms with Crippen molar-refractivity contribution in [1.29, 1.82) is 0 Å². The zero-order valence-corrected chi connectivity index (χ0v) is 19.1. The number of methoxy groups -OCH3 is 3. The molecule has 1 aliphatic heterocycles. The monoisotopic (exact) mass is 459 g/mol. The van der Waals surface area contributed by atoms with Crippen LogP contribution in [-0.2, 0) is 4.74 Å². The third kappa shape index (κ3) is 4.76. The number of hydrogen-bond acceptors (Lipinski definition) is 8. The van der Waals surface area contributed by atoms with Crippen LogP contribution >= 0.6 is 11.6 Å². The summed E-state index contributed by atoms with van der Waals surface area (Å²) >= 11 is 6.22. The summed E-state index contributed by atoms with van der Waals surface area (Å²) in [6.07, 6.45) is 4.85. The van der Waals surface area contributed by atoms with Crippen LogP contribution in [0.4, 0.5) is 11.5 Å². The van der Waals surface area contributed by atoms with Crippen LogP contribution in [0.2, 0.25) is 5.02 Å². The maximum absolute atomic E-state index is 6.22. The molecule has 0 radical (unpaired) electrons. The van der Waals surface area contributed by atoms with E-state index in [1.54, 1.807) is 33.5 Å². The number of anilines is 2. The Morgan fingerprint density at radius 1 is 0.969 bits per heavy atom. The average Bonchev–Trinajstić information content (AvgIpc) is 2.83. The number of ether oxygens (including phenoxy) is 5. The SMILES string of the molecule is COc1cc(Nc2ncnc3cc(OCC4CCCCO4)c(OC)cc23)c(OC)cc1Cl. The molecule has 9 heteroatoms. The minimum absolute atomic E-state index is 0.0964. The van der Waals surface area contributed by atoms with Crippen molar-refractivity contribution in [2.45, 2.75) is 25.4 Å². The van der Waals surface area contributed by atoms with E-state index in [4.69, 9.17) is 35.3 Å². The molecule has 0 saturated carbocycles. The molecule has 2 heterocycles. The van der Waals surface area contributed by atoms with Crippen LogP contribution in [0.15, 0.2) is 30.6 Å². The van der Waals surface area contributed by atoms with Gasteiger partial charge in [0, 0.05) is 30.2 Å². The van der Waals surface area contributed by atoms with Gasteiger partial charge in [0.2, 0.25) is 0 Å². The van der Waals surface area contributed by atoms with Gasteiger partial charge in [-0.25, -0.2) is 9.97 Å². The summed E-state index contributed by atoms with van der Waals surface area (Å²) in [5, 5.41) is 4.51. The summed E-state index contributed by atoms with van der Waals surface area (Å²) in [4.78, 5) is 8.82. The van der Waals surface area contributed by atoms with Gasteiger partial charge in [-0.1, -0.05) is 11.6 Å². The Balaban J connectivity index is 1.65. The molecule has 1 fully saturated rings. The zero-order valence-electron chi connectivity index (χ0n) is 18.3. The molecule has 1 unspecified atom stereocenters. The number of aromatic nitrogens is 2. The first-order chi connectivity index (χ1) is 15.6. The van der Waals surface area contributed by atoms with E-state index in [-0.39, 0.29) is 6.10 Å². The quantitative estimate of drug-likeness (QED) is 0.503. The van der Waals surface area contributed by atoms with Gasteiger partial charge < -0.3 is 29.0 Å². The molecule has 1 aliphatic rings. The van der Waals surface area contributed by atoms with Crippen LogP contribution in [0.5, 0.6) is 23.0 Å². The number of nitrogens with zero attached hydrogens (tertiary/aromatic N) is 2. The predicted molar refractivity (Wildman–Crippen MR) is 123 cm³/mol. The van der Waals surface area contributed by atoms with Gasteiger partial charge in [-0.15, -0.1) is 0 Å². The number of hydrogen-bond donors (Lipinski definition) is 1. The van der Waals surface area contributed by atoms with E-state index in [0.717, 1.165) is 31.3 Å². The highest BCUT2D eigenvalue weighted by Crippen LogP contribution is 2.39. The van der Waals surface area contributed by atoms with E-state index in [1.165, 1.54) is 6.33 Å². The summed E-state index contributed by atoms with van der Waals surface area (Å²) in [5.41, 5.74) is 1.37. The van der Waals surface area contributed by atoms with Crippen molar-refractivity contribution in [1.82, 2.24) is 9.97 Å². The van der Waals surface area contributed by atoms with Crippen molar-refractivity contribution in [3.8, 4) is 23.0 Å². The lowest BCUT2D eigenvalue weighted by molar-refractivity contribution is -0.0114. The number of rotatable bonds is 8. The van der Waals surface area contributed by atoms with E-state index in [1.807, 2.05) is 12.1 Å². The summed E-state index contributed by atoms with van der Waals surface area (Å²) in [6, 6.07) is 7.15. The van der Waals surface area contributed by atoms with Crippen LogP contribution in [0.1, 0.15) is 19.3 Å². The highest BCUT2D eigenvalue weighted by molar-refractivity contribution is 6.32. The molecular weight excluding hydrogens is 434 g/mol. The van der Waals surface area contributed by atoms with Crippen LogP contribution in [0.25, 0.3) is 10.9 Å². The molecule has 0 aliphatic carbocycles. The van der Waals surface area contributed by atoms with Gasteiger partial charge in [0.25, 0.3) is 0 Å². The van der Waals surface area contributed by atoms with Crippen LogP contribution in [0, 0.1) is 0 Å². The molecule has 1 saturated heterocycles. The second kappa shape index (κ2) is 10.1. The van der Waals surface area contributed by atoms with Crippen molar-refractivity contribution in [2.24, 2.45) is 0 Å². The zero-order chi connectivity index (χ0) is 22.5. The fourth-order valence-corrected chi connectivity index (χ4v) is 3.87. The number of halogens is 1. The Labute approximate surface area is 191 Å². The van der Waals surface area contributed by atoms with Crippen molar-refractivity contribution >= 4 is 34.0 Å². The largest absolute Gasteiger partial charge is 0.495 e. The first-order valence-corrected chi connectivity index (χ1v) is 10.8. The molecule has 1 atom stereocenters. The van der Waals surface area contributed by atoms with E-state index >= 15 is 0 Å². The molecule has 2 aromatic carbocycles. The predicted octanol–water partition coefficient (Wildman–Crippen LogP) is 5.00.